The zero-order chi connectivity index (χ0) is 9.23. The van der Waals surface area contributed by atoms with Crippen molar-refractivity contribution < 1.29 is 9.53 Å². The monoisotopic (exact) mass is 169 g/mol. The van der Waals surface area contributed by atoms with E-state index in [1.807, 2.05) is 6.08 Å². The molecule has 0 aliphatic heterocycles. The molecule has 1 radical (unpaired) electrons. The Morgan fingerprint density at radius 1 is 1.42 bits per heavy atom. The molecule has 0 fully saturated rings. The Morgan fingerprint density at radius 2 is 2.08 bits per heavy atom. The molecular formula is C10H17O2. The molecular weight excluding hydrogens is 152 g/mol. The van der Waals surface area contributed by atoms with Crippen LogP contribution >= 0.6 is 0 Å². The first-order valence-corrected chi connectivity index (χ1v) is 4.32. The summed E-state index contributed by atoms with van der Waals surface area (Å²) in [5.41, 5.74) is 0. The number of carbonyl (C=O) groups excluding carboxylic acids is 1. The summed E-state index contributed by atoms with van der Waals surface area (Å²) in [7, 11) is 1.41. The van der Waals surface area contributed by atoms with Gasteiger partial charge in [-0.05, 0) is 19.3 Å². The van der Waals surface area contributed by atoms with Gasteiger partial charge in [-0.15, -0.1) is 0 Å². The van der Waals surface area contributed by atoms with Crippen LogP contribution in [0, 0.1) is 6.92 Å². The van der Waals surface area contributed by atoms with Crippen LogP contribution in [-0.4, -0.2) is 13.1 Å². The van der Waals surface area contributed by atoms with Gasteiger partial charge < -0.3 is 4.74 Å². The van der Waals surface area contributed by atoms with Crippen LogP contribution in [-0.2, 0) is 9.53 Å². The van der Waals surface area contributed by atoms with Crippen molar-refractivity contribution in [3.8, 4) is 0 Å². The second kappa shape index (κ2) is 8.31. The largest absolute Gasteiger partial charge is 0.469 e. The minimum absolute atomic E-state index is 0.142. The van der Waals surface area contributed by atoms with E-state index in [4.69, 9.17) is 0 Å². The summed E-state index contributed by atoms with van der Waals surface area (Å²) >= 11 is 0. The standard InChI is InChI=1S/C10H17O2/c1-3-4-5-6-7-8-9-10(11)12-2/h6-7H,1,3-5,8-9H2,2H3/b7-6+. The van der Waals surface area contributed by atoms with Crippen LogP contribution in [0.15, 0.2) is 12.2 Å². The van der Waals surface area contributed by atoms with Gasteiger partial charge in [-0.3, -0.25) is 4.79 Å². The summed E-state index contributed by atoms with van der Waals surface area (Å²) < 4.78 is 4.50. The summed E-state index contributed by atoms with van der Waals surface area (Å²) in [6.45, 7) is 3.74. The van der Waals surface area contributed by atoms with E-state index < -0.39 is 0 Å². The minimum atomic E-state index is -0.142. The van der Waals surface area contributed by atoms with Crippen molar-refractivity contribution >= 4 is 5.97 Å². The Kier molecular flexibility index (Phi) is 7.76. The number of rotatable bonds is 6. The first kappa shape index (κ1) is 11.2. The van der Waals surface area contributed by atoms with Crippen LogP contribution in [0.4, 0.5) is 0 Å². The van der Waals surface area contributed by atoms with Gasteiger partial charge in [-0.25, -0.2) is 0 Å². The number of unbranched alkanes of at least 4 members (excludes halogenated alkanes) is 2. The lowest BCUT2D eigenvalue weighted by Gasteiger charge is -1.93. The predicted molar refractivity (Wildman–Crippen MR) is 49.6 cm³/mol. The Balaban J connectivity index is 3.18. The van der Waals surface area contributed by atoms with Crippen molar-refractivity contribution in [3.63, 3.8) is 0 Å². The molecule has 2 nitrogen and oxygen atoms in total. The molecule has 0 saturated carbocycles. The Hall–Kier alpha value is -0.790. The normalized spacial score (nSPS) is 10.5. The fourth-order valence-corrected chi connectivity index (χ4v) is 0.801. The molecule has 12 heavy (non-hydrogen) atoms. The molecule has 0 bridgehead atoms. The molecule has 0 aromatic rings. The molecule has 0 spiro atoms. The second-order valence-electron chi connectivity index (χ2n) is 2.58. The average Bonchev–Trinajstić information content (AvgIpc) is 2.10. The highest BCUT2D eigenvalue weighted by atomic mass is 16.5. The third-order valence-corrected chi connectivity index (χ3v) is 1.53. The fourth-order valence-electron chi connectivity index (χ4n) is 0.801. The second-order valence-corrected chi connectivity index (χ2v) is 2.58. The van der Waals surface area contributed by atoms with Crippen molar-refractivity contribution in [2.75, 3.05) is 7.11 Å². The topological polar surface area (TPSA) is 26.3 Å². The number of hydrogen-bond donors (Lipinski definition) is 0. The van der Waals surface area contributed by atoms with Gasteiger partial charge in [0.05, 0.1) is 7.11 Å². The average molecular weight is 169 g/mol. The van der Waals surface area contributed by atoms with E-state index in [0.717, 1.165) is 25.7 Å². The highest BCUT2D eigenvalue weighted by Crippen LogP contribution is 1.98. The van der Waals surface area contributed by atoms with Crippen LogP contribution in [0.2, 0.25) is 0 Å². The number of hydrogen-bond acceptors (Lipinski definition) is 2. The van der Waals surface area contributed by atoms with Gasteiger partial charge in [0, 0.05) is 6.42 Å². The molecule has 0 saturated heterocycles. The maximum absolute atomic E-state index is 10.6. The predicted octanol–water partition coefficient (Wildman–Crippen LogP) is 2.50. The van der Waals surface area contributed by atoms with E-state index in [1.54, 1.807) is 0 Å². The first-order valence-electron chi connectivity index (χ1n) is 4.32. The highest BCUT2D eigenvalue weighted by Gasteiger charge is 1.94. The zero-order valence-corrected chi connectivity index (χ0v) is 7.71. The maximum atomic E-state index is 10.6. The van der Waals surface area contributed by atoms with Crippen molar-refractivity contribution in [3.05, 3.63) is 19.1 Å². The van der Waals surface area contributed by atoms with Crippen molar-refractivity contribution in [1.82, 2.24) is 0 Å². The van der Waals surface area contributed by atoms with Crippen LogP contribution in [0.25, 0.3) is 0 Å². The molecule has 0 rings (SSSR count). The molecule has 0 aliphatic rings. The van der Waals surface area contributed by atoms with Gasteiger partial charge in [0.15, 0.2) is 0 Å². The quantitative estimate of drug-likeness (QED) is 0.347. The Morgan fingerprint density at radius 3 is 2.67 bits per heavy atom. The number of ether oxygens (including phenoxy) is 1. The number of esters is 1. The summed E-state index contributed by atoms with van der Waals surface area (Å²) in [5.74, 6) is -0.142. The van der Waals surface area contributed by atoms with Crippen molar-refractivity contribution in [2.45, 2.75) is 32.1 Å². The molecule has 0 unspecified atom stereocenters. The number of carbonyl (C=O) groups is 1. The molecule has 0 heterocycles. The third kappa shape index (κ3) is 7.32. The first-order chi connectivity index (χ1) is 5.81. The molecule has 0 aromatic carbocycles. The van der Waals surface area contributed by atoms with Crippen molar-refractivity contribution in [2.24, 2.45) is 0 Å². The van der Waals surface area contributed by atoms with Crippen molar-refractivity contribution in [1.29, 1.82) is 0 Å². The number of allylic oxidation sites excluding steroid dienone is 2. The molecule has 0 aliphatic carbocycles. The highest BCUT2D eigenvalue weighted by molar-refractivity contribution is 5.69. The molecule has 2 heteroatoms. The van der Waals surface area contributed by atoms with Crippen LogP contribution < -0.4 is 0 Å². The smallest absolute Gasteiger partial charge is 0.305 e. The van der Waals surface area contributed by atoms with Gasteiger partial charge in [0.25, 0.3) is 0 Å². The van der Waals surface area contributed by atoms with E-state index in [9.17, 15) is 4.79 Å². The van der Waals surface area contributed by atoms with Gasteiger partial charge in [-0.1, -0.05) is 25.5 Å². The van der Waals surface area contributed by atoms with Gasteiger partial charge in [-0.2, -0.15) is 0 Å². The summed E-state index contributed by atoms with van der Waals surface area (Å²) in [6, 6.07) is 0. The fraction of sp³-hybridized carbons (Fsp3) is 0.600. The summed E-state index contributed by atoms with van der Waals surface area (Å²) in [4.78, 5) is 10.6. The van der Waals surface area contributed by atoms with Crippen LogP contribution in [0.3, 0.4) is 0 Å². The summed E-state index contributed by atoms with van der Waals surface area (Å²) in [5, 5.41) is 0. The van der Waals surface area contributed by atoms with Crippen LogP contribution in [0.5, 0.6) is 0 Å². The summed E-state index contributed by atoms with van der Waals surface area (Å²) in [6.07, 6.45) is 8.53. The zero-order valence-electron chi connectivity index (χ0n) is 7.71. The Labute approximate surface area is 74.6 Å². The molecule has 0 aromatic heterocycles. The van der Waals surface area contributed by atoms with Gasteiger partial charge >= 0.3 is 5.97 Å². The Bertz CT molecular complexity index is 139. The lowest BCUT2D eigenvalue weighted by atomic mass is 10.2. The molecule has 69 valence electrons. The minimum Gasteiger partial charge on any atom is -0.469 e. The van der Waals surface area contributed by atoms with E-state index >= 15 is 0 Å². The van der Waals surface area contributed by atoms with Crippen LogP contribution in [0.1, 0.15) is 32.1 Å². The molecule has 0 N–H and O–H groups in total. The lowest BCUT2D eigenvalue weighted by Crippen LogP contribution is -1.97. The van der Waals surface area contributed by atoms with E-state index in [-0.39, 0.29) is 5.97 Å². The SMILES string of the molecule is [CH2]CCC/C=C/CCC(=O)OC. The maximum Gasteiger partial charge on any atom is 0.305 e. The van der Waals surface area contributed by atoms with Gasteiger partial charge in [0.2, 0.25) is 0 Å². The molecule has 0 atom stereocenters. The van der Waals surface area contributed by atoms with E-state index in [1.165, 1.54) is 7.11 Å². The number of methoxy groups -OCH3 is 1. The lowest BCUT2D eigenvalue weighted by molar-refractivity contribution is -0.140. The molecule has 0 amide bonds. The van der Waals surface area contributed by atoms with E-state index in [2.05, 4.69) is 17.7 Å². The third-order valence-electron chi connectivity index (χ3n) is 1.53. The van der Waals surface area contributed by atoms with E-state index in [0.29, 0.717) is 6.42 Å². The van der Waals surface area contributed by atoms with Gasteiger partial charge in [0.1, 0.15) is 0 Å².